The number of methoxy groups -OCH3 is 1. The molecule has 2 heterocycles. The Morgan fingerprint density at radius 3 is 2.58 bits per heavy atom. The van der Waals surface area contributed by atoms with Crippen LogP contribution in [0, 0.1) is 6.92 Å². The number of anilines is 1. The van der Waals surface area contributed by atoms with E-state index in [0.717, 1.165) is 22.5 Å². The number of halogens is 1. The average molecular weight is 454 g/mol. The second-order valence-corrected chi connectivity index (χ2v) is 8.52. The van der Waals surface area contributed by atoms with Crippen LogP contribution in [0.2, 0.25) is 5.15 Å². The molecule has 1 amide bonds. The number of hydrogen-bond acceptors (Lipinski definition) is 6. The van der Waals surface area contributed by atoms with E-state index in [9.17, 15) is 4.79 Å². The average Bonchev–Trinajstić information content (AvgIpc) is 3.10. The van der Waals surface area contributed by atoms with Crippen LogP contribution in [0.1, 0.15) is 12.6 Å². The van der Waals surface area contributed by atoms with Gasteiger partial charge in [-0.15, -0.1) is 0 Å². The summed E-state index contributed by atoms with van der Waals surface area (Å²) in [6.45, 7) is 3.60. The molecule has 0 aliphatic rings. The Bertz CT molecular complexity index is 1220. The molecule has 0 aliphatic heterocycles. The van der Waals surface area contributed by atoms with Gasteiger partial charge in [-0.25, -0.2) is 15.0 Å². The minimum atomic E-state index is -0.448. The number of imidazole rings is 1. The Morgan fingerprint density at radius 2 is 1.87 bits per heavy atom. The van der Waals surface area contributed by atoms with Crippen molar-refractivity contribution in [3.63, 3.8) is 0 Å². The van der Waals surface area contributed by atoms with Gasteiger partial charge in [-0.2, -0.15) is 0 Å². The minimum absolute atomic E-state index is 0.186. The van der Waals surface area contributed by atoms with Crippen LogP contribution in [-0.2, 0) is 4.79 Å². The van der Waals surface area contributed by atoms with Gasteiger partial charge in [0, 0.05) is 11.4 Å². The third-order valence-electron chi connectivity index (χ3n) is 4.57. The van der Waals surface area contributed by atoms with Crippen LogP contribution in [-0.4, -0.2) is 37.8 Å². The van der Waals surface area contributed by atoms with Crippen LogP contribution in [0.4, 0.5) is 5.95 Å². The molecule has 0 fully saturated rings. The molecule has 0 saturated heterocycles. The normalized spacial score (nSPS) is 12.0. The van der Waals surface area contributed by atoms with Crippen LogP contribution >= 0.6 is 23.4 Å². The molecule has 31 heavy (non-hydrogen) atoms. The maximum Gasteiger partial charge on any atom is 0.240 e. The zero-order valence-electron chi connectivity index (χ0n) is 17.2. The van der Waals surface area contributed by atoms with E-state index in [-0.39, 0.29) is 17.0 Å². The second-order valence-electron chi connectivity index (χ2n) is 6.82. The third-order valence-corrected chi connectivity index (χ3v) is 5.82. The van der Waals surface area contributed by atoms with Gasteiger partial charge in [0.05, 0.1) is 23.4 Å². The predicted molar refractivity (Wildman–Crippen MR) is 123 cm³/mol. The number of nitrogens with one attached hydrogen (secondary N) is 1. The Hall–Kier alpha value is -3.10. The van der Waals surface area contributed by atoms with Crippen molar-refractivity contribution < 1.29 is 9.53 Å². The maximum atomic E-state index is 12.8. The Balaban J connectivity index is 1.63. The molecule has 158 valence electrons. The lowest BCUT2D eigenvalue weighted by atomic mass is 10.2. The summed E-state index contributed by atoms with van der Waals surface area (Å²) in [6, 6.07) is 17.2. The number of para-hydroxylation sites is 2. The quantitative estimate of drug-likeness (QED) is 0.330. The molecule has 7 nitrogen and oxygen atoms in total. The van der Waals surface area contributed by atoms with E-state index >= 15 is 0 Å². The first-order valence-electron chi connectivity index (χ1n) is 9.55. The molecular formula is C22H20ClN5O2S. The first-order chi connectivity index (χ1) is 14.9. The van der Waals surface area contributed by atoms with Crippen LogP contribution in [0.5, 0.6) is 5.75 Å². The highest BCUT2D eigenvalue weighted by Gasteiger charge is 2.21. The zero-order chi connectivity index (χ0) is 22.0. The molecule has 2 aromatic heterocycles. The van der Waals surface area contributed by atoms with E-state index in [1.165, 1.54) is 11.8 Å². The van der Waals surface area contributed by atoms with E-state index < -0.39 is 5.25 Å². The smallest absolute Gasteiger partial charge is 0.240 e. The van der Waals surface area contributed by atoms with Crippen molar-refractivity contribution in [2.24, 2.45) is 0 Å². The zero-order valence-corrected chi connectivity index (χ0v) is 18.7. The molecule has 4 rings (SSSR count). The number of ether oxygens (including phenoxy) is 1. The van der Waals surface area contributed by atoms with Gasteiger partial charge in [0.25, 0.3) is 0 Å². The highest BCUT2D eigenvalue weighted by Crippen LogP contribution is 2.31. The van der Waals surface area contributed by atoms with Crippen molar-refractivity contribution in [1.82, 2.24) is 19.5 Å². The van der Waals surface area contributed by atoms with Gasteiger partial charge < -0.3 is 4.74 Å². The van der Waals surface area contributed by atoms with Crippen molar-refractivity contribution in [2.75, 3.05) is 12.4 Å². The molecule has 0 radical (unpaired) electrons. The Labute approximate surface area is 188 Å². The number of hydrogen-bond donors (Lipinski definition) is 1. The summed E-state index contributed by atoms with van der Waals surface area (Å²) in [5, 5.41) is 3.27. The molecule has 1 unspecified atom stereocenters. The van der Waals surface area contributed by atoms with Gasteiger partial charge in [-0.05, 0) is 56.3 Å². The van der Waals surface area contributed by atoms with Crippen LogP contribution in [0.3, 0.4) is 0 Å². The van der Waals surface area contributed by atoms with E-state index in [1.807, 2.05) is 60.0 Å². The number of nitrogens with zero attached hydrogens (tertiary/aromatic N) is 4. The molecule has 1 N–H and O–H groups in total. The van der Waals surface area contributed by atoms with Crippen LogP contribution in [0.15, 0.2) is 59.8 Å². The van der Waals surface area contributed by atoms with Gasteiger partial charge in [-0.3, -0.25) is 14.7 Å². The number of aryl methyl sites for hydroxylation is 1. The van der Waals surface area contributed by atoms with Crippen molar-refractivity contribution >= 4 is 46.3 Å². The van der Waals surface area contributed by atoms with Crippen LogP contribution in [0.25, 0.3) is 16.7 Å². The third kappa shape index (κ3) is 4.65. The number of aromatic nitrogens is 4. The molecule has 4 aromatic rings. The first-order valence-corrected chi connectivity index (χ1v) is 10.8. The van der Waals surface area contributed by atoms with E-state index in [0.29, 0.717) is 10.9 Å². The molecule has 0 saturated carbocycles. The topological polar surface area (TPSA) is 81.9 Å². The highest BCUT2D eigenvalue weighted by molar-refractivity contribution is 8.00. The lowest BCUT2D eigenvalue weighted by Gasteiger charge is -2.13. The molecule has 0 bridgehead atoms. The summed E-state index contributed by atoms with van der Waals surface area (Å²) in [4.78, 5) is 25.8. The number of amides is 1. The van der Waals surface area contributed by atoms with Gasteiger partial charge in [0.15, 0.2) is 5.16 Å². The van der Waals surface area contributed by atoms with Crippen molar-refractivity contribution in [3.05, 3.63) is 65.4 Å². The second kappa shape index (κ2) is 8.95. The molecular weight excluding hydrogens is 434 g/mol. The van der Waals surface area contributed by atoms with Crippen molar-refractivity contribution in [3.8, 4) is 11.4 Å². The molecule has 2 aromatic carbocycles. The SMILES string of the molecule is COc1ccc(-n2c(SC(C)C(=O)Nc3nc(C)cc(Cl)n3)nc3ccccc32)cc1. The Kier molecular flexibility index (Phi) is 6.11. The lowest BCUT2D eigenvalue weighted by molar-refractivity contribution is -0.115. The molecule has 0 aliphatic carbocycles. The van der Waals surface area contributed by atoms with E-state index in [4.69, 9.17) is 21.3 Å². The summed E-state index contributed by atoms with van der Waals surface area (Å²) in [6.07, 6.45) is 0. The Morgan fingerprint density at radius 1 is 1.13 bits per heavy atom. The lowest BCUT2D eigenvalue weighted by Crippen LogP contribution is -2.24. The summed E-state index contributed by atoms with van der Waals surface area (Å²) >= 11 is 7.32. The summed E-state index contributed by atoms with van der Waals surface area (Å²) in [7, 11) is 1.63. The van der Waals surface area contributed by atoms with Gasteiger partial charge >= 0.3 is 0 Å². The summed E-state index contributed by atoms with van der Waals surface area (Å²) < 4.78 is 7.30. The number of thioether (sulfide) groups is 1. The number of carbonyl (C=O) groups excluding carboxylic acids is 1. The molecule has 1 atom stereocenters. The van der Waals surface area contributed by atoms with E-state index in [2.05, 4.69) is 15.3 Å². The standard InChI is InChI=1S/C22H20ClN5O2S/c1-13-12-19(23)26-21(24-13)27-20(29)14(2)31-22-25-17-6-4-5-7-18(17)28(22)15-8-10-16(30-3)11-9-15/h4-12,14H,1-3H3,(H,24,26,27,29). The van der Waals surface area contributed by atoms with Gasteiger partial charge in [0.2, 0.25) is 11.9 Å². The fourth-order valence-electron chi connectivity index (χ4n) is 3.07. The van der Waals surface area contributed by atoms with Gasteiger partial charge in [-0.1, -0.05) is 35.5 Å². The van der Waals surface area contributed by atoms with Crippen molar-refractivity contribution in [1.29, 1.82) is 0 Å². The number of fused-ring (bicyclic) bond motifs is 1. The van der Waals surface area contributed by atoms with Crippen LogP contribution < -0.4 is 10.1 Å². The van der Waals surface area contributed by atoms with E-state index in [1.54, 1.807) is 20.1 Å². The minimum Gasteiger partial charge on any atom is -0.497 e. The number of benzene rings is 2. The fraction of sp³-hybridized carbons (Fsp3) is 0.182. The molecule has 0 spiro atoms. The number of carbonyl (C=O) groups is 1. The summed E-state index contributed by atoms with van der Waals surface area (Å²) in [5.74, 6) is 0.720. The predicted octanol–water partition coefficient (Wildman–Crippen LogP) is 4.91. The number of rotatable bonds is 6. The monoisotopic (exact) mass is 453 g/mol. The highest BCUT2D eigenvalue weighted by atomic mass is 35.5. The van der Waals surface area contributed by atoms with Crippen molar-refractivity contribution in [2.45, 2.75) is 24.3 Å². The largest absolute Gasteiger partial charge is 0.497 e. The fourth-order valence-corrected chi connectivity index (χ4v) is 4.25. The maximum absolute atomic E-state index is 12.8. The first kappa shape index (κ1) is 21.1. The summed E-state index contributed by atoms with van der Waals surface area (Å²) in [5.41, 5.74) is 3.41. The van der Waals surface area contributed by atoms with Gasteiger partial charge in [0.1, 0.15) is 10.9 Å². The molecule has 9 heteroatoms.